The van der Waals surface area contributed by atoms with Gasteiger partial charge in [0.25, 0.3) is 0 Å². The van der Waals surface area contributed by atoms with Crippen LogP contribution < -0.4 is 5.32 Å². The van der Waals surface area contributed by atoms with Gasteiger partial charge in [0, 0.05) is 13.2 Å². The van der Waals surface area contributed by atoms with Crippen molar-refractivity contribution in [2.75, 3.05) is 5.75 Å². The van der Waals surface area contributed by atoms with Crippen LogP contribution in [0.5, 0.6) is 0 Å². The van der Waals surface area contributed by atoms with Crippen molar-refractivity contribution >= 4 is 17.7 Å². The SMILES string of the molecule is CC(NC(=O)CSc1nnc(-c2ccccn2)n1C)c1ccccc1. The van der Waals surface area contributed by atoms with Crippen molar-refractivity contribution in [3.63, 3.8) is 0 Å². The number of thioether (sulfide) groups is 1. The molecule has 0 fully saturated rings. The van der Waals surface area contributed by atoms with Crippen LogP contribution in [0.2, 0.25) is 0 Å². The van der Waals surface area contributed by atoms with E-state index in [0.29, 0.717) is 11.0 Å². The van der Waals surface area contributed by atoms with Crippen molar-refractivity contribution in [2.45, 2.75) is 18.1 Å². The predicted molar refractivity (Wildman–Crippen MR) is 98.0 cm³/mol. The Hall–Kier alpha value is -2.67. The number of nitrogens with zero attached hydrogens (tertiary/aromatic N) is 4. The standard InChI is InChI=1S/C18H19N5OS/c1-13(14-8-4-3-5-9-14)20-16(24)12-25-18-22-21-17(23(18)2)15-10-6-7-11-19-15/h3-11,13H,12H2,1-2H3,(H,20,24). The van der Waals surface area contributed by atoms with E-state index in [2.05, 4.69) is 20.5 Å². The molecular weight excluding hydrogens is 334 g/mol. The Balaban J connectivity index is 1.59. The van der Waals surface area contributed by atoms with E-state index in [-0.39, 0.29) is 17.7 Å². The molecule has 2 heterocycles. The summed E-state index contributed by atoms with van der Waals surface area (Å²) in [5, 5.41) is 12.0. The lowest BCUT2D eigenvalue weighted by atomic mass is 10.1. The van der Waals surface area contributed by atoms with Crippen LogP contribution in [0.3, 0.4) is 0 Å². The van der Waals surface area contributed by atoms with E-state index < -0.39 is 0 Å². The van der Waals surface area contributed by atoms with E-state index in [4.69, 9.17) is 0 Å². The van der Waals surface area contributed by atoms with E-state index in [0.717, 1.165) is 11.3 Å². The van der Waals surface area contributed by atoms with Gasteiger partial charge in [-0.05, 0) is 24.6 Å². The molecule has 1 amide bonds. The summed E-state index contributed by atoms with van der Waals surface area (Å²) in [4.78, 5) is 16.5. The van der Waals surface area contributed by atoms with Crippen LogP contribution in [0.25, 0.3) is 11.5 Å². The molecule has 3 aromatic rings. The van der Waals surface area contributed by atoms with Crippen molar-refractivity contribution in [3.05, 3.63) is 60.3 Å². The van der Waals surface area contributed by atoms with Gasteiger partial charge in [-0.2, -0.15) is 0 Å². The molecule has 0 bridgehead atoms. The fourth-order valence-corrected chi connectivity index (χ4v) is 3.12. The van der Waals surface area contributed by atoms with Crippen LogP contribution in [0.4, 0.5) is 0 Å². The molecule has 0 saturated heterocycles. The van der Waals surface area contributed by atoms with Gasteiger partial charge >= 0.3 is 0 Å². The van der Waals surface area contributed by atoms with Crippen molar-refractivity contribution in [3.8, 4) is 11.5 Å². The average Bonchev–Trinajstić information content (AvgIpc) is 3.02. The Bertz CT molecular complexity index is 835. The van der Waals surface area contributed by atoms with Gasteiger partial charge in [-0.1, -0.05) is 48.2 Å². The first-order chi connectivity index (χ1) is 12.1. The molecule has 0 aliphatic rings. The van der Waals surface area contributed by atoms with Crippen molar-refractivity contribution < 1.29 is 4.79 Å². The van der Waals surface area contributed by atoms with Gasteiger partial charge in [-0.3, -0.25) is 9.78 Å². The Labute approximate surface area is 150 Å². The highest BCUT2D eigenvalue weighted by molar-refractivity contribution is 7.99. The molecule has 0 radical (unpaired) electrons. The molecule has 6 nitrogen and oxygen atoms in total. The fraction of sp³-hybridized carbons (Fsp3) is 0.222. The topological polar surface area (TPSA) is 72.7 Å². The van der Waals surface area contributed by atoms with E-state index in [1.54, 1.807) is 6.20 Å². The zero-order chi connectivity index (χ0) is 17.6. The summed E-state index contributed by atoms with van der Waals surface area (Å²) in [6, 6.07) is 15.5. The van der Waals surface area contributed by atoms with Gasteiger partial charge in [-0.15, -0.1) is 10.2 Å². The summed E-state index contributed by atoms with van der Waals surface area (Å²) in [5.41, 5.74) is 1.84. The third kappa shape index (κ3) is 4.24. The van der Waals surface area contributed by atoms with E-state index >= 15 is 0 Å². The third-order valence-electron chi connectivity index (χ3n) is 3.74. The summed E-state index contributed by atoms with van der Waals surface area (Å²) in [7, 11) is 1.87. The maximum absolute atomic E-state index is 12.2. The number of hydrogen-bond acceptors (Lipinski definition) is 5. The number of benzene rings is 1. The number of nitrogens with one attached hydrogen (secondary N) is 1. The highest BCUT2D eigenvalue weighted by Gasteiger charge is 2.14. The first-order valence-corrected chi connectivity index (χ1v) is 8.91. The Morgan fingerprint density at radius 2 is 1.92 bits per heavy atom. The molecule has 1 N–H and O–H groups in total. The van der Waals surface area contributed by atoms with Crippen molar-refractivity contribution in [1.82, 2.24) is 25.1 Å². The summed E-state index contributed by atoms with van der Waals surface area (Å²) in [6.45, 7) is 1.97. The average molecular weight is 353 g/mol. The Morgan fingerprint density at radius 1 is 1.16 bits per heavy atom. The monoisotopic (exact) mass is 353 g/mol. The highest BCUT2D eigenvalue weighted by Crippen LogP contribution is 2.21. The van der Waals surface area contributed by atoms with Crippen LogP contribution >= 0.6 is 11.8 Å². The van der Waals surface area contributed by atoms with Gasteiger partial charge < -0.3 is 9.88 Å². The van der Waals surface area contributed by atoms with E-state index in [1.165, 1.54) is 11.8 Å². The number of amides is 1. The highest BCUT2D eigenvalue weighted by atomic mass is 32.2. The zero-order valence-corrected chi connectivity index (χ0v) is 14.9. The second-order valence-electron chi connectivity index (χ2n) is 5.57. The predicted octanol–water partition coefficient (Wildman–Crippen LogP) is 2.85. The largest absolute Gasteiger partial charge is 0.349 e. The minimum absolute atomic E-state index is 0.0297. The summed E-state index contributed by atoms with van der Waals surface area (Å²) in [6.07, 6.45) is 1.72. The van der Waals surface area contributed by atoms with Gasteiger partial charge in [0.05, 0.1) is 11.8 Å². The number of aromatic nitrogens is 4. The molecule has 3 rings (SSSR count). The van der Waals surface area contributed by atoms with Gasteiger partial charge in [0.15, 0.2) is 11.0 Å². The normalized spacial score (nSPS) is 11.9. The summed E-state index contributed by atoms with van der Waals surface area (Å²) in [5.74, 6) is 0.927. The lowest BCUT2D eigenvalue weighted by Crippen LogP contribution is -2.28. The maximum Gasteiger partial charge on any atom is 0.230 e. The first-order valence-electron chi connectivity index (χ1n) is 7.93. The molecule has 1 aromatic carbocycles. The lowest BCUT2D eigenvalue weighted by molar-refractivity contribution is -0.119. The number of carbonyl (C=O) groups excluding carboxylic acids is 1. The second kappa shape index (κ2) is 7.94. The fourth-order valence-electron chi connectivity index (χ4n) is 2.40. The Kier molecular flexibility index (Phi) is 5.45. The van der Waals surface area contributed by atoms with Crippen LogP contribution in [-0.2, 0) is 11.8 Å². The molecule has 0 saturated carbocycles. The molecule has 25 heavy (non-hydrogen) atoms. The number of rotatable bonds is 6. The van der Waals surface area contributed by atoms with Gasteiger partial charge in [0.1, 0.15) is 5.69 Å². The number of carbonyl (C=O) groups is 1. The second-order valence-corrected chi connectivity index (χ2v) is 6.51. The molecule has 1 atom stereocenters. The maximum atomic E-state index is 12.2. The lowest BCUT2D eigenvalue weighted by Gasteiger charge is -2.13. The molecule has 7 heteroatoms. The zero-order valence-electron chi connectivity index (χ0n) is 14.1. The molecule has 0 aliphatic heterocycles. The molecule has 0 aliphatic carbocycles. The van der Waals surface area contributed by atoms with Crippen molar-refractivity contribution in [2.24, 2.45) is 7.05 Å². The number of hydrogen-bond donors (Lipinski definition) is 1. The summed E-state index contributed by atoms with van der Waals surface area (Å²) >= 11 is 1.36. The van der Waals surface area contributed by atoms with E-state index in [9.17, 15) is 4.79 Å². The third-order valence-corrected chi connectivity index (χ3v) is 4.76. The summed E-state index contributed by atoms with van der Waals surface area (Å²) < 4.78 is 1.85. The van der Waals surface area contributed by atoms with Crippen LogP contribution in [0.15, 0.2) is 59.9 Å². The number of pyridine rings is 1. The molecule has 0 spiro atoms. The molecular formula is C18H19N5OS. The molecule has 128 valence electrons. The van der Waals surface area contributed by atoms with Crippen molar-refractivity contribution in [1.29, 1.82) is 0 Å². The van der Waals surface area contributed by atoms with Crippen LogP contribution in [0.1, 0.15) is 18.5 Å². The van der Waals surface area contributed by atoms with Gasteiger partial charge in [0.2, 0.25) is 5.91 Å². The van der Waals surface area contributed by atoms with Crippen LogP contribution in [-0.4, -0.2) is 31.4 Å². The van der Waals surface area contributed by atoms with E-state index in [1.807, 2.05) is 67.1 Å². The first kappa shape index (κ1) is 17.2. The Morgan fingerprint density at radius 3 is 2.64 bits per heavy atom. The van der Waals surface area contributed by atoms with Gasteiger partial charge in [-0.25, -0.2) is 0 Å². The molecule has 1 unspecified atom stereocenters. The molecule has 2 aromatic heterocycles. The minimum atomic E-state index is -0.0382. The quantitative estimate of drug-likeness (QED) is 0.690. The smallest absolute Gasteiger partial charge is 0.230 e. The minimum Gasteiger partial charge on any atom is -0.349 e. The van der Waals surface area contributed by atoms with Crippen LogP contribution in [0, 0.1) is 0 Å².